The van der Waals surface area contributed by atoms with Gasteiger partial charge >= 0.3 is 0 Å². The maximum Gasteiger partial charge on any atom is 0.223 e. The van der Waals surface area contributed by atoms with Crippen molar-refractivity contribution in [2.75, 3.05) is 20.6 Å². The smallest absolute Gasteiger partial charge is 0.223 e. The molecule has 17 heavy (non-hydrogen) atoms. The summed E-state index contributed by atoms with van der Waals surface area (Å²) in [4.78, 5) is 14.1. The van der Waals surface area contributed by atoms with Gasteiger partial charge in [0.25, 0.3) is 0 Å². The quantitative estimate of drug-likeness (QED) is 0.771. The van der Waals surface area contributed by atoms with E-state index in [0.29, 0.717) is 12.6 Å². The lowest BCUT2D eigenvalue weighted by Gasteiger charge is -2.33. The van der Waals surface area contributed by atoms with Gasteiger partial charge in [-0.1, -0.05) is 0 Å². The van der Waals surface area contributed by atoms with E-state index in [0.717, 1.165) is 25.7 Å². The van der Waals surface area contributed by atoms with Crippen molar-refractivity contribution >= 4 is 5.91 Å². The Morgan fingerprint density at radius 1 is 1.29 bits per heavy atom. The van der Waals surface area contributed by atoms with Crippen LogP contribution in [0.4, 0.5) is 0 Å². The number of carbonyl (C=O) groups excluding carboxylic acids is 1. The van der Waals surface area contributed by atoms with Gasteiger partial charge in [-0.05, 0) is 53.6 Å². The molecule has 0 radical (unpaired) electrons. The largest absolute Gasteiger partial charge is 0.354 e. The first-order chi connectivity index (χ1) is 7.83. The molecule has 1 fully saturated rings. The third kappa shape index (κ3) is 4.28. The number of likely N-dealkylation sites (N-methyl/N-ethyl adjacent to an activating group) is 1. The minimum Gasteiger partial charge on any atom is -0.354 e. The Balaban J connectivity index is 2.35. The average molecular weight is 241 g/mol. The van der Waals surface area contributed by atoms with Gasteiger partial charge in [-0.25, -0.2) is 0 Å². The monoisotopic (exact) mass is 241 g/mol. The molecule has 1 aliphatic rings. The van der Waals surface area contributed by atoms with Crippen LogP contribution in [0.2, 0.25) is 0 Å². The fourth-order valence-electron chi connectivity index (χ4n) is 1.99. The van der Waals surface area contributed by atoms with Crippen molar-refractivity contribution in [3.05, 3.63) is 0 Å². The minimum absolute atomic E-state index is 0.000724. The van der Waals surface area contributed by atoms with Crippen LogP contribution in [-0.4, -0.2) is 43.0 Å². The number of hydrogen-bond acceptors (Lipinski definition) is 3. The van der Waals surface area contributed by atoms with Gasteiger partial charge in [0.05, 0.1) is 0 Å². The van der Waals surface area contributed by atoms with Crippen molar-refractivity contribution in [3.63, 3.8) is 0 Å². The summed E-state index contributed by atoms with van der Waals surface area (Å²) in [6, 6.07) is 0.303. The topological polar surface area (TPSA) is 58.4 Å². The Kier molecular flexibility index (Phi) is 4.95. The lowest BCUT2D eigenvalue weighted by atomic mass is 9.86. The number of rotatable bonds is 4. The molecule has 0 saturated heterocycles. The van der Waals surface area contributed by atoms with Crippen LogP contribution in [0.25, 0.3) is 0 Å². The molecule has 1 saturated carbocycles. The number of nitrogens with two attached hydrogens (primary N) is 1. The number of nitrogens with zero attached hydrogens (tertiary/aromatic N) is 1. The zero-order valence-electron chi connectivity index (χ0n) is 11.6. The first-order valence-corrected chi connectivity index (χ1v) is 6.53. The molecule has 1 amide bonds. The molecular formula is C13H27N3O. The number of amides is 1. The van der Waals surface area contributed by atoms with Crippen LogP contribution >= 0.6 is 0 Å². The number of carbonyl (C=O) groups is 1. The summed E-state index contributed by atoms with van der Waals surface area (Å²) in [6.07, 6.45) is 3.84. The maximum atomic E-state index is 12.0. The fraction of sp³-hybridized carbons (Fsp3) is 0.923. The van der Waals surface area contributed by atoms with Crippen LogP contribution in [0.5, 0.6) is 0 Å². The van der Waals surface area contributed by atoms with E-state index in [1.54, 1.807) is 0 Å². The van der Waals surface area contributed by atoms with Gasteiger partial charge in [0.2, 0.25) is 5.91 Å². The highest BCUT2D eigenvalue weighted by molar-refractivity contribution is 5.78. The normalized spacial score (nSPS) is 26.0. The molecule has 0 aliphatic heterocycles. The van der Waals surface area contributed by atoms with Crippen LogP contribution in [-0.2, 0) is 4.79 Å². The summed E-state index contributed by atoms with van der Waals surface area (Å²) in [5, 5.41) is 3.07. The van der Waals surface area contributed by atoms with E-state index in [1.807, 2.05) is 14.1 Å². The van der Waals surface area contributed by atoms with Crippen LogP contribution in [0.1, 0.15) is 39.5 Å². The summed E-state index contributed by atoms with van der Waals surface area (Å²) < 4.78 is 0. The summed E-state index contributed by atoms with van der Waals surface area (Å²) in [5.74, 6) is 0.375. The molecule has 0 bridgehead atoms. The van der Waals surface area contributed by atoms with Gasteiger partial charge in [0.1, 0.15) is 0 Å². The van der Waals surface area contributed by atoms with E-state index in [2.05, 4.69) is 24.1 Å². The minimum atomic E-state index is 0.000724. The zero-order chi connectivity index (χ0) is 13.1. The molecule has 0 unspecified atom stereocenters. The molecular weight excluding hydrogens is 214 g/mol. The van der Waals surface area contributed by atoms with E-state index in [-0.39, 0.29) is 17.4 Å². The van der Waals surface area contributed by atoms with Crippen LogP contribution in [0, 0.1) is 5.92 Å². The van der Waals surface area contributed by atoms with Gasteiger partial charge in [-0.15, -0.1) is 0 Å². The van der Waals surface area contributed by atoms with Crippen LogP contribution in [0.15, 0.2) is 0 Å². The Morgan fingerprint density at radius 3 is 2.29 bits per heavy atom. The molecule has 1 rings (SSSR count). The fourth-order valence-corrected chi connectivity index (χ4v) is 1.99. The standard InChI is InChI=1S/C13H27N3O/c1-13(2,16(3)4)9-15-12(17)10-5-7-11(14)8-6-10/h10-11H,5-9,14H2,1-4H3,(H,15,17). The lowest BCUT2D eigenvalue weighted by Crippen LogP contribution is -2.49. The first-order valence-electron chi connectivity index (χ1n) is 6.53. The summed E-state index contributed by atoms with van der Waals surface area (Å²) in [5.41, 5.74) is 5.84. The number of hydrogen-bond donors (Lipinski definition) is 2. The molecule has 0 aromatic carbocycles. The highest BCUT2D eigenvalue weighted by Crippen LogP contribution is 2.23. The highest BCUT2D eigenvalue weighted by Gasteiger charge is 2.27. The Morgan fingerprint density at radius 2 is 1.82 bits per heavy atom. The van der Waals surface area contributed by atoms with Crippen molar-refractivity contribution in [2.45, 2.75) is 51.1 Å². The van der Waals surface area contributed by atoms with Gasteiger partial charge in [0, 0.05) is 24.0 Å². The predicted molar refractivity (Wildman–Crippen MR) is 70.7 cm³/mol. The molecule has 1 aliphatic carbocycles. The van der Waals surface area contributed by atoms with Gasteiger partial charge in [0.15, 0.2) is 0 Å². The molecule has 4 nitrogen and oxygen atoms in total. The third-order valence-corrected chi connectivity index (χ3v) is 4.05. The van der Waals surface area contributed by atoms with Crippen molar-refractivity contribution in [1.29, 1.82) is 0 Å². The van der Waals surface area contributed by atoms with Crippen LogP contribution in [0.3, 0.4) is 0 Å². The highest BCUT2D eigenvalue weighted by atomic mass is 16.1. The van der Waals surface area contributed by atoms with Crippen molar-refractivity contribution in [1.82, 2.24) is 10.2 Å². The number of nitrogens with one attached hydrogen (secondary N) is 1. The second-order valence-electron chi connectivity index (χ2n) is 6.04. The van der Waals surface area contributed by atoms with E-state index in [9.17, 15) is 4.79 Å². The van der Waals surface area contributed by atoms with E-state index < -0.39 is 0 Å². The Labute approximate surface area is 105 Å². The second-order valence-corrected chi connectivity index (χ2v) is 6.04. The Bertz CT molecular complexity index is 255. The Hall–Kier alpha value is -0.610. The summed E-state index contributed by atoms with van der Waals surface area (Å²) >= 11 is 0. The lowest BCUT2D eigenvalue weighted by molar-refractivity contribution is -0.126. The molecule has 0 aromatic rings. The summed E-state index contributed by atoms with van der Waals surface area (Å²) in [6.45, 7) is 4.95. The third-order valence-electron chi connectivity index (χ3n) is 4.05. The SMILES string of the molecule is CN(C)C(C)(C)CNC(=O)C1CCC(N)CC1. The van der Waals surface area contributed by atoms with E-state index in [1.165, 1.54) is 0 Å². The van der Waals surface area contributed by atoms with E-state index in [4.69, 9.17) is 5.73 Å². The molecule has 4 heteroatoms. The molecule has 0 heterocycles. The van der Waals surface area contributed by atoms with Gasteiger partial charge in [-0.3, -0.25) is 4.79 Å². The molecule has 3 N–H and O–H groups in total. The molecule has 100 valence electrons. The maximum absolute atomic E-state index is 12.0. The van der Waals surface area contributed by atoms with Gasteiger partial charge < -0.3 is 16.0 Å². The van der Waals surface area contributed by atoms with Crippen LogP contribution < -0.4 is 11.1 Å². The molecule has 0 spiro atoms. The van der Waals surface area contributed by atoms with E-state index >= 15 is 0 Å². The van der Waals surface area contributed by atoms with Crippen molar-refractivity contribution in [2.24, 2.45) is 11.7 Å². The zero-order valence-corrected chi connectivity index (χ0v) is 11.6. The predicted octanol–water partition coefficient (Wildman–Crippen LogP) is 0.960. The second kappa shape index (κ2) is 5.83. The summed E-state index contributed by atoms with van der Waals surface area (Å²) in [7, 11) is 4.07. The van der Waals surface area contributed by atoms with Crippen molar-refractivity contribution in [3.8, 4) is 0 Å². The average Bonchev–Trinajstić information content (AvgIpc) is 2.27. The first kappa shape index (κ1) is 14.5. The van der Waals surface area contributed by atoms with Gasteiger partial charge in [-0.2, -0.15) is 0 Å². The van der Waals surface area contributed by atoms with Crippen molar-refractivity contribution < 1.29 is 4.79 Å². The molecule has 0 atom stereocenters. The molecule has 0 aromatic heterocycles.